The second-order valence-electron chi connectivity index (χ2n) is 2.88. The normalized spacial score (nSPS) is 10.4. The van der Waals surface area contributed by atoms with E-state index in [2.05, 4.69) is 14.9 Å². The molecule has 2 rings (SSSR count). The van der Waals surface area contributed by atoms with Crippen molar-refractivity contribution in [2.75, 3.05) is 7.11 Å². The van der Waals surface area contributed by atoms with E-state index in [1.54, 1.807) is 22.7 Å². The summed E-state index contributed by atoms with van der Waals surface area (Å²) in [6.45, 7) is 1.85. The molecule has 0 radical (unpaired) electrons. The topological polar surface area (TPSA) is 56.5 Å². The molecule has 0 N–H and O–H groups in total. The van der Waals surface area contributed by atoms with Crippen LogP contribution in [-0.4, -0.2) is 27.7 Å². The molecule has 2 aromatic heterocycles. The number of hydrogen-bond donors (Lipinski definition) is 0. The molecule has 0 aliphatic heterocycles. The van der Waals surface area contributed by atoms with Crippen molar-refractivity contribution in [3.63, 3.8) is 0 Å². The summed E-state index contributed by atoms with van der Waals surface area (Å²) < 4.78 is 6.39. The predicted molar refractivity (Wildman–Crippen MR) is 49.1 cm³/mol. The molecule has 5 heteroatoms. The van der Waals surface area contributed by atoms with E-state index in [0.29, 0.717) is 11.2 Å². The largest absolute Gasteiger partial charge is 0.465 e. The number of hydrogen-bond acceptors (Lipinski definition) is 4. The molecule has 0 bridgehead atoms. The van der Waals surface area contributed by atoms with Crippen LogP contribution in [0, 0.1) is 6.92 Å². The van der Waals surface area contributed by atoms with Gasteiger partial charge in [0.2, 0.25) is 0 Å². The summed E-state index contributed by atoms with van der Waals surface area (Å²) in [6.07, 6.45) is 1.75. The number of esters is 1. The lowest BCUT2D eigenvalue weighted by atomic mass is 10.3. The lowest BCUT2D eigenvalue weighted by Gasteiger charge is -1.99. The van der Waals surface area contributed by atoms with Crippen molar-refractivity contribution in [2.24, 2.45) is 0 Å². The van der Waals surface area contributed by atoms with Crippen LogP contribution >= 0.6 is 0 Å². The summed E-state index contributed by atoms with van der Waals surface area (Å²) in [5.74, 6) is 0.421. The second kappa shape index (κ2) is 3.10. The third-order valence-electron chi connectivity index (χ3n) is 2.00. The summed E-state index contributed by atoms with van der Waals surface area (Å²) in [5.41, 5.74) is 1.12. The summed E-state index contributed by atoms with van der Waals surface area (Å²) in [7, 11) is 1.35. The van der Waals surface area contributed by atoms with Crippen molar-refractivity contribution in [3.05, 3.63) is 29.7 Å². The minimum Gasteiger partial charge on any atom is -0.465 e. The first-order valence-electron chi connectivity index (χ1n) is 4.12. The van der Waals surface area contributed by atoms with Crippen molar-refractivity contribution in [2.45, 2.75) is 6.92 Å². The molecule has 14 heavy (non-hydrogen) atoms. The van der Waals surface area contributed by atoms with Crippen LogP contribution in [-0.2, 0) is 4.74 Å². The van der Waals surface area contributed by atoms with E-state index in [0.717, 1.165) is 5.82 Å². The zero-order valence-corrected chi connectivity index (χ0v) is 7.89. The molecule has 0 atom stereocenters. The Labute approximate surface area is 80.3 Å². The highest BCUT2D eigenvalue weighted by Crippen LogP contribution is 2.07. The molecule has 0 saturated carbocycles. The van der Waals surface area contributed by atoms with Crippen LogP contribution in [0.3, 0.4) is 0 Å². The molecule has 2 aromatic rings. The van der Waals surface area contributed by atoms with E-state index in [9.17, 15) is 4.79 Å². The van der Waals surface area contributed by atoms with Crippen molar-refractivity contribution in [1.82, 2.24) is 14.6 Å². The van der Waals surface area contributed by atoms with Crippen molar-refractivity contribution in [3.8, 4) is 0 Å². The van der Waals surface area contributed by atoms with Gasteiger partial charge in [-0.25, -0.2) is 4.79 Å². The molecule has 5 nitrogen and oxygen atoms in total. The Morgan fingerprint density at radius 1 is 1.50 bits per heavy atom. The quantitative estimate of drug-likeness (QED) is 0.626. The van der Waals surface area contributed by atoms with Crippen LogP contribution in [0.15, 0.2) is 18.3 Å². The van der Waals surface area contributed by atoms with Crippen LogP contribution in [0.25, 0.3) is 5.65 Å². The second-order valence-corrected chi connectivity index (χ2v) is 2.88. The number of pyridine rings is 1. The van der Waals surface area contributed by atoms with Crippen LogP contribution in [0.4, 0.5) is 0 Å². The SMILES string of the molecule is COC(=O)c1ccn2c(C)nnc2c1. The number of fused-ring (bicyclic) bond motifs is 1. The van der Waals surface area contributed by atoms with Gasteiger partial charge in [0.05, 0.1) is 12.7 Å². The van der Waals surface area contributed by atoms with E-state index in [1.165, 1.54) is 7.11 Å². The Morgan fingerprint density at radius 3 is 3.00 bits per heavy atom. The van der Waals surface area contributed by atoms with Crippen molar-refractivity contribution >= 4 is 11.6 Å². The molecule has 0 unspecified atom stereocenters. The Balaban J connectivity index is 2.57. The Kier molecular flexibility index (Phi) is 1.92. The first kappa shape index (κ1) is 8.68. The minimum atomic E-state index is -0.367. The lowest BCUT2D eigenvalue weighted by Crippen LogP contribution is -2.02. The number of ether oxygens (including phenoxy) is 1. The van der Waals surface area contributed by atoms with Gasteiger partial charge in [-0.3, -0.25) is 4.40 Å². The van der Waals surface area contributed by atoms with Gasteiger partial charge in [0.1, 0.15) is 5.82 Å². The van der Waals surface area contributed by atoms with Crippen molar-refractivity contribution in [1.29, 1.82) is 0 Å². The Morgan fingerprint density at radius 2 is 2.29 bits per heavy atom. The fraction of sp³-hybridized carbons (Fsp3) is 0.222. The van der Waals surface area contributed by atoms with Crippen LogP contribution in [0.5, 0.6) is 0 Å². The number of aryl methyl sites for hydroxylation is 1. The van der Waals surface area contributed by atoms with Gasteiger partial charge in [-0.2, -0.15) is 0 Å². The lowest BCUT2D eigenvalue weighted by molar-refractivity contribution is 0.0600. The summed E-state index contributed by atoms with van der Waals surface area (Å²) in [6, 6.07) is 3.32. The van der Waals surface area contributed by atoms with Gasteiger partial charge in [-0.15, -0.1) is 10.2 Å². The zero-order valence-electron chi connectivity index (χ0n) is 7.89. The third-order valence-corrected chi connectivity index (χ3v) is 2.00. The standard InChI is InChI=1S/C9H9N3O2/c1-6-10-11-8-5-7(9(13)14-2)3-4-12(6)8/h3-5H,1-2H3. The monoisotopic (exact) mass is 191 g/mol. The number of carbonyl (C=O) groups excluding carboxylic acids is 1. The number of carbonyl (C=O) groups is 1. The number of rotatable bonds is 1. The van der Waals surface area contributed by atoms with Gasteiger partial charge < -0.3 is 4.74 Å². The molecular formula is C9H9N3O2. The number of nitrogens with zero attached hydrogens (tertiary/aromatic N) is 3. The molecule has 0 spiro atoms. The predicted octanol–water partition coefficient (Wildman–Crippen LogP) is 0.824. The van der Waals surface area contributed by atoms with Gasteiger partial charge in [-0.05, 0) is 19.1 Å². The van der Waals surface area contributed by atoms with Crippen LogP contribution in [0.2, 0.25) is 0 Å². The first-order chi connectivity index (χ1) is 6.72. The maximum atomic E-state index is 11.2. The highest BCUT2D eigenvalue weighted by Gasteiger charge is 2.07. The highest BCUT2D eigenvalue weighted by molar-refractivity contribution is 5.90. The molecule has 0 aromatic carbocycles. The van der Waals surface area contributed by atoms with Crippen molar-refractivity contribution < 1.29 is 9.53 Å². The Bertz CT molecular complexity index is 490. The average Bonchev–Trinajstić information content (AvgIpc) is 2.59. The fourth-order valence-electron chi connectivity index (χ4n) is 1.26. The van der Waals surface area contributed by atoms with Gasteiger partial charge in [0, 0.05) is 6.20 Å². The summed E-state index contributed by atoms with van der Waals surface area (Å²) >= 11 is 0. The summed E-state index contributed by atoms with van der Waals surface area (Å²) in [4.78, 5) is 11.2. The molecular weight excluding hydrogens is 182 g/mol. The van der Waals surface area contributed by atoms with Gasteiger partial charge in [0.15, 0.2) is 5.65 Å². The number of aromatic nitrogens is 3. The molecule has 72 valence electrons. The average molecular weight is 191 g/mol. The number of methoxy groups -OCH3 is 1. The van der Waals surface area contributed by atoms with E-state index < -0.39 is 0 Å². The van der Waals surface area contributed by atoms with Gasteiger partial charge >= 0.3 is 5.97 Å². The first-order valence-corrected chi connectivity index (χ1v) is 4.12. The van der Waals surface area contributed by atoms with Crippen LogP contribution < -0.4 is 0 Å². The maximum absolute atomic E-state index is 11.2. The van der Waals surface area contributed by atoms with Gasteiger partial charge in [0.25, 0.3) is 0 Å². The maximum Gasteiger partial charge on any atom is 0.338 e. The minimum absolute atomic E-state index is 0.367. The van der Waals surface area contributed by atoms with E-state index in [-0.39, 0.29) is 5.97 Å². The molecule has 2 heterocycles. The summed E-state index contributed by atoms with van der Waals surface area (Å²) in [5, 5.41) is 7.78. The Hall–Kier alpha value is -1.91. The van der Waals surface area contributed by atoms with Gasteiger partial charge in [-0.1, -0.05) is 0 Å². The van der Waals surface area contributed by atoms with E-state index >= 15 is 0 Å². The molecule has 0 fully saturated rings. The molecule has 0 aliphatic rings. The van der Waals surface area contributed by atoms with E-state index in [4.69, 9.17) is 0 Å². The molecule has 0 saturated heterocycles. The third kappa shape index (κ3) is 1.22. The molecule has 0 aliphatic carbocycles. The zero-order chi connectivity index (χ0) is 10.1. The molecule has 0 amide bonds. The van der Waals surface area contributed by atoms with E-state index in [1.807, 2.05) is 6.92 Å². The highest BCUT2D eigenvalue weighted by atomic mass is 16.5. The van der Waals surface area contributed by atoms with Crippen LogP contribution in [0.1, 0.15) is 16.2 Å². The smallest absolute Gasteiger partial charge is 0.338 e. The fourth-order valence-corrected chi connectivity index (χ4v) is 1.26.